The zero-order valence-corrected chi connectivity index (χ0v) is 15.8. The van der Waals surface area contributed by atoms with Crippen LogP contribution in [0.5, 0.6) is 5.75 Å². The fourth-order valence-corrected chi connectivity index (χ4v) is 3.03. The van der Waals surface area contributed by atoms with E-state index in [1.807, 2.05) is 39.0 Å². The Morgan fingerprint density at radius 1 is 1.17 bits per heavy atom. The van der Waals surface area contributed by atoms with Crippen molar-refractivity contribution < 1.29 is 14.3 Å². The van der Waals surface area contributed by atoms with Crippen LogP contribution in [0.1, 0.15) is 20.8 Å². The van der Waals surface area contributed by atoms with Gasteiger partial charge in [0.25, 0.3) is 0 Å². The molecule has 2 aromatic carbocycles. The van der Waals surface area contributed by atoms with Crippen LogP contribution in [0.4, 0.5) is 4.79 Å². The monoisotopic (exact) mass is 391 g/mol. The first-order chi connectivity index (χ1) is 11.3. The number of benzene rings is 2. The maximum absolute atomic E-state index is 11.9. The quantitative estimate of drug-likeness (QED) is 0.750. The van der Waals surface area contributed by atoms with Crippen LogP contribution in [0.15, 0.2) is 40.9 Å². The van der Waals surface area contributed by atoms with Crippen molar-refractivity contribution in [1.82, 2.24) is 4.90 Å². The Balaban J connectivity index is 1.50. The number of likely N-dealkylation sites (tertiary alicyclic amines) is 1. The van der Waals surface area contributed by atoms with E-state index in [2.05, 4.69) is 34.1 Å². The average molecular weight is 392 g/mol. The number of rotatable bonds is 3. The molecule has 0 atom stereocenters. The molecule has 0 bridgehead atoms. The number of hydrogen-bond donors (Lipinski definition) is 0. The van der Waals surface area contributed by atoms with Crippen LogP contribution in [0.3, 0.4) is 0 Å². The summed E-state index contributed by atoms with van der Waals surface area (Å²) in [5.41, 5.74) is -0.446. The summed E-state index contributed by atoms with van der Waals surface area (Å²) >= 11 is 3.49. The minimum atomic E-state index is -0.446. The van der Waals surface area contributed by atoms with Crippen molar-refractivity contribution in [2.75, 3.05) is 19.7 Å². The lowest BCUT2D eigenvalue weighted by Crippen LogP contribution is -2.53. The predicted octanol–water partition coefficient (Wildman–Crippen LogP) is 4.85. The number of ether oxygens (including phenoxy) is 2. The van der Waals surface area contributed by atoms with Crippen molar-refractivity contribution in [3.05, 3.63) is 40.9 Å². The summed E-state index contributed by atoms with van der Waals surface area (Å²) in [7, 11) is 0. The molecule has 1 saturated heterocycles. The summed E-state index contributed by atoms with van der Waals surface area (Å²) < 4.78 is 12.3. The standard InChI is InChI=1S/C19H22BrNO3/c1-19(2,3)24-18(22)21-10-13(11-21)12-23-17-7-5-14-4-6-16(20)8-15(14)9-17/h4-9,13H,10-12H2,1-3H3. The number of fused-ring (bicyclic) bond motifs is 1. The van der Waals surface area contributed by atoms with E-state index in [0.29, 0.717) is 25.6 Å². The van der Waals surface area contributed by atoms with Gasteiger partial charge in [0, 0.05) is 23.5 Å². The van der Waals surface area contributed by atoms with Crippen LogP contribution < -0.4 is 4.74 Å². The molecule has 0 aromatic heterocycles. The van der Waals surface area contributed by atoms with Crippen molar-refractivity contribution >= 4 is 32.8 Å². The summed E-state index contributed by atoms with van der Waals surface area (Å²) in [6.07, 6.45) is -0.241. The molecule has 0 aliphatic carbocycles. The van der Waals surface area contributed by atoms with E-state index in [1.165, 1.54) is 5.39 Å². The van der Waals surface area contributed by atoms with Crippen LogP contribution in [0, 0.1) is 5.92 Å². The molecule has 1 fully saturated rings. The average Bonchev–Trinajstić information content (AvgIpc) is 2.43. The van der Waals surface area contributed by atoms with Gasteiger partial charge in [-0.1, -0.05) is 28.1 Å². The lowest BCUT2D eigenvalue weighted by Gasteiger charge is -2.39. The third-order valence-corrected chi connectivity index (χ3v) is 4.36. The molecular weight excluding hydrogens is 370 g/mol. The largest absolute Gasteiger partial charge is 0.493 e. The number of nitrogens with zero attached hydrogens (tertiary/aromatic N) is 1. The molecule has 1 heterocycles. The molecule has 128 valence electrons. The van der Waals surface area contributed by atoms with Gasteiger partial charge in [-0.25, -0.2) is 4.79 Å². The van der Waals surface area contributed by atoms with Crippen molar-refractivity contribution in [1.29, 1.82) is 0 Å². The second-order valence-electron chi connectivity index (χ2n) is 7.22. The number of carbonyl (C=O) groups is 1. The van der Waals surface area contributed by atoms with E-state index >= 15 is 0 Å². The maximum atomic E-state index is 11.9. The summed E-state index contributed by atoms with van der Waals surface area (Å²) in [6.45, 7) is 7.62. The molecule has 4 nitrogen and oxygen atoms in total. The first kappa shape index (κ1) is 17.1. The van der Waals surface area contributed by atoms with E-state index in [4.69, 9.17) is 9.47 Å². The molecule has 0 radical (unpaired) electrons. The van der Waals surface area contributed by atoms with Crippen LogP contribution in [0.25, 0.3) is 10.8 Å². The van der Waals surface area contributed by atoms with Crippen molar-refractivity contribution in [3.63, 3.8) is 0 Å². The van der Waals surface area contributed by atoms with Gasteiger partial charge in [-0.15, -0.1) is 0 Å². The van der Waals surface area contributed by atoms with Gasteiger partial charge in [-0.2, -0.15) is 0 Å². The van der Waals surface area contributed by atoms with Crippen LogP contribution >= 0.6 is 15.9 Å². The van der Waals surface area contributed by atoms with Crippen molar-refractivity contribution in [3.8, 4) is 5.75 Å². The van der Waals surface area contributed by atoms with Gasteiger partial charge in [0.15, 0.2) is 0 Å². The van der Waals surface area contributed by atoms with Gasteiger partial charge in [-0.05, 0) is 55.8 Å². The molecule has 24 heavy (non-hydrogen) atoms. The SMILES string of the molecule is CC(C)(C)OC(=O)N1CC(COc2ccc3ccc(Br)cc3c2)C1. The van der Waals surface area contributed by atoms with Gasteiger partial charge in [0.2, 0.25) is 0 Å². The molecule has 0 saturated carbocycles. The number of hydrogen-bond acceptors (Lipinski definition) is 3. The zero-order valence-electron chi connectivity index (χ0n) is 14.2. The Bertz CT molecular complexity index is 748. The number of amides is 1. The fraction of sp³-hybridized carbons (Fsp3) is 0.421. The molecule has 0 spiro atoms. The molecular formula is C19H22BrNO3. The van der Waals surface area contributed by atoms with Crippen LogP contribution in [0.2, 0.25) is 0 Å². The van der Waals surface area contributed by atoms with Crippen molar-refractivity contribution in [2.24, 2.45) is 5.92 Å². The molecule has 3 rings (SSSR count). The number of carbonyl (C=O) groups excluding carboxylic acids is 1. The van der Waals surface area contributed by atoms with Gasteiger partial charge in [0.1, 0.15) is 11.4 Å². The maximum Gasteiger partial charge on any atom is 0.410 e. The second-order valence-corrected chi connectivity index (χ2v) is 8.13. The topological polar surface area (TPSA) is 38.8 Å². The Morgan fingerprint density at radius 3 is 2.58 bits per heavy atom. The molecule has 1 aliphatic heterocycles. The summed E-state index contributed by atoms with van der Waals surface area (Å²) in [4.78, 5) is 13.6. The first-order valence-electron chi connectivity index (χ1n) is 8.10. The summed E-state index contributed by atoms with van der Waals surface area (Å²) in [5.74, 6) is 1.21. The Kier molecular flexibility index (Phi) is 4.72. The highest BCUT2D eigenvalue weighted by atomic mass is 79.9. The fourth-order valence-electron chi connectivity index (χ4n) is 2.65. The Labute approximate surface area is 150 Å². The number of halogens is 1. The predicted molar refractivity (Wildman–Crippen MR) is 98.4 cm³/mol. The lowest BCUT2D eigenvalue weighted by molar-refractivity contribution is -0.00780. The van der Waals surface area contributed by atoms with Gasteiger partial charge in [0.05, 0.1) is 6.61 Å². The first-order valence-corrected chi connectivity index (χ1v) is 8.89. The van der Waals surface area contributed by atoms with E-state index < -0.39 is 5.60 Å². The molecule has 0 unspecified atom stereocenters. The second kappa shape index (κ2) is 6.63. The minimum absolute atomic E-state index is 0.241. The van der Waals surface area contributed by atoms with E-state index in [1.54, 1.807) is 4.90 Å². The summed E-state index contributed by atoms with van der Waals surface area (Å²) in [6, 6.07) is 12.3. The molecule has 0 N–H and O–H groups in total. The summed E-state index contributed by atoms with van der Waals surface area (Å²) in [5, 5.41) is 2.33. The van der Waals surface area contributed by atoms with Crippen molar-refractivity contribution in [2.45, 2.75) is 26.4 Å². The molecule has 1 amide bonds. The highest BCUT2D eigenvalue weighted by molar-refractivity contribution is 9.10. The molecule has 1 aliphatic rings. The van der Waals surface area contributed by atoms with Gasteiger partial charge in [-0.3, -0.25) is 0 Å². The molecule has 2 aromatic rings. The van der Waals surface area contributed by atoms with E-state index in [0.717, 1.165) is 15.6 Å². The third kappa shape index (κ3) is 4.20. The van der Waals surface area contributed by atoms with Crippen LogP contribution in [-0.4, -0.2) is 36.3 Å². The highest BCUT2D eigenvalue weighted by Gasteiger charge is 2.33. The highest BCUT2D eigenvalue weighted by Crippen LogP contribution is 2.26. The van der Waals surface area contributed by atoms with Gasteiger partial charge >= 0.3 is 6.09 Å². The normalized spacial score (nSPS) is 15.2. The van der Waals surface area contributed by atoms with Gasteiger partial charge < -0.3 is 14.4 Å². The minimum Gasteiger partial charge on any atom is -0.493 e. The molecule has 5 heteroatoms. The zero-order chi connectivity index (χ0) is 17.3. The third-order valence-electron chi connectivity index (χ3n) is 3.87. The lowest BCUT2D eigenvalue weighted by atomic mass is 10.0. The Morgan fingerprint density at radius 2 is 1.88 bits per heavy atom. The smallest absolute Gasteiger partial charge is 0.410 e. The van der Waals surface area contributed by atoms with E-state index in [9.17, 15) is 4.79 Å². The van der Waals surface area contributed by atoms with E-state index in [-0.39, 0.29) is 6.09 Å². The Hall–Kier alpha value is -1.75. The van der Waals surface area contributed by atoms with Crippen LogP contribution in [-0.2, 0) is 4.74 Å².